The Hall–Kier alpha value is -3.71. The Balaban J connectivity index is 1.86. The number of amides is 3. The minimum Gasteiger partial charge on any atom is -0.433 e. The van der Waals surface area contributed by atoms with Crippen molar-refractivity contribution in [1.29, 1.82) is 0 Å². The Labute approximate surface area is 256 Å². The Morgan fingerprint density at radius 3 is 2.47 bits per heavy atom. The molecule has 230 valence electrons. The first kappa shape index (κ1) is 32.2. The number of carbonyl (C=O) groups excluding carboxylic acids is 4. The summed E-state index contributed by atoms with van der Waals surface area (Å²) in [5, 5.41) is 2.84. The van der Waals surface area contributed by atoms with Gasteiger partial charge in [0.15, 0.2) is 17.5 Å². The van der Waals surface area contributed by atoms with Gasteiger partial charge in [0.2, 0.25) is 0 Å². The zero-order valence-corrected chi connectivity index (χ0v) is 26.5. The molecule has 1 atom stereocenters. The highest BCUT2D eigenvalue weighted by Gasteiger charge is 2.55. The number of rotatable bonds is 12. The molecule has 4 rings (SSSR count). The van der Waals surface area contributed by atoms with E-state index < -0.39 is 39.6 Å². The Morgan fingerprint density at radius 2 is 1.81 bits per heavy atom. The number of aldehydes is 1. The van der Waals surface area contributed by atoms with E-state index in [4.69, 9.17) is 4.74 Å². The van der Waals surface area contributed by atoms with E-state index in [0.29, 0.717) is 16.9 Å². The fourth-order valence-electron chi connectivity index (χ4n) is 5.01. The first-order valence-electron chi connectivity index (χ1n) is 14.0. The maximum atomic E-state index is 14.3. The van der Waals surface area contributed by atoms with Crippen LogP contribution >= 0.6 is 11.8 Å². The molecular formula is C30H36N4O7S2. The van der Waals surface area contributed by atoms with Gasteiger partial charge in [0, 0.05) is 22.6 Å². The van der Waals surface area contributed by atoms with Crippen LogP contribution in [0.1, 0.15) is 60.3 Å². The minimum absolute atomic E-state index is 0.0493. The molecular weight excluding hydrogens is 592 g/mol. The Bertz CT molecular complexity index is 1570. The van der Waals surface area contributed by atoms with E-state index in [1.165, 1.54) is 26.0 Å². The summed E-state index contributed by atoms with van der Waals surface area (Å²) in [7, 11) is -4.28. The number of para-hydroxylation sites is 2. The lowest BCUT2D eigenvalue weighted by Crippen LogP contribution is -2.59. The molecule has 2 aromatic carbocycles. The number of benzene rings is 2. The lowest BCUT2D eigenvalue weighted by Gasteiger charge is -2.35. The van der Waals surface area contributed by atoms with E-state index in [1.54, 1.807) is 36.0 Å². The third-order valence-electron chi connectivity index (χ3n) is 7.01. The molecule has 43 heavy (non-hydrogen) atoms. The van der Waals surface area contributed by atoms with Crippen LogP contribution in [0.2, 0.25) is 0 Å². The summed E-state index contributed by atoms with van der Waals surface area (Å²) in [5.41, 5.74) is -1.11. The molecule has 0 aromatic heterocycles. The third-order valence-corrected chi connectivity index (χ3v) is 10.2. The summed E-state index contributed by atoms with van der Waals surface area (Å²) in [5.74, 6) is -2.02. The smallest absolute Gasteiger partial charge is 0.418 e. The van der Waals surface area contributed by atoms with Crippen molar-refractivity contribution in [3.05, 3.63) is 48.5 Å². The number of nitrogens with one attached hydrogen (secondary N) is 1. The highest BCUT2D eigenvalue weighted by atomic mass is 32.2. The van der Waals surface area contributed by atoms with Crippen molar-refractivity contribution in [3.63, 3.8) is 0 Å². The van der Waals surface area contributed by atoms with Crippen LogP contribution in [0.5, 0.6) is 0 Å². The van der Waals surface area contributed by atoms with Gasteiger partial charge in [0.05, 0.1) is 11.4 Å². The average Bonchev–Trinajstić information content (AvgIpc) is 3.13. The number of anilines is 1. The molecule has 0 spiro atoms. The first-order chi connectivity index (χ1) is 20.2. The average molecular weight is 629 g/mol. The molecule has 0 radical (unpaired) electrons. The standard InChI is InChI=1S/C30H36N4O7S2/c1-6-17-29(2,3)42-22-15-9-7-13-20(22)32-26(36)24(34-27(37)30(4,5)41-28(34)38)25-31-21-14-8-10-16-23(21)43(39,40)33(25)18-11-12-19-35/h7-10,13-16,19,24H,6,11-12,17-18H2,1-5H3,(H,32,36). The topological polar surface area (TPSA) is 143 Å². The van der Waals surface area contributed by atoms with Crippen molar-refractivity contribution in [3.8, 4) is 0 Å². The van der Waals surface area contributed by atoms with Crippen LogP contribution in [0.25, 0.3) is 0 Å². The van der Waals surface area contributed by atoms with Gasteiger partial charge in [-0.15, -0.1) is 11.8 Å². The van der Waals surface area contributed by atoms with E-state index >= 15 is 0 Å². The fraction of sp³-hybridized carbons (Fsp3) is 0.433. The summed E-state index contributed by atoms with van der Waals surface area (Å²) < 4.78 is 33.8. The largest absolute Gasteiger partial charge is 0.433 e. The molecule has 1 fully saturated rings. The molecule has 1 saturated heterocycles. The number of hydrogen-bond donors (Lipinski definition) is 1. The highest BCUT2D eigenvalue weighted by molar-refractivity contribution is 8.00. The molecule has 3 amide bonds. The Morgan fingerprint density at radius 1 is 1.14 bits per heavy atom. The van der Waals surface area contributed by atoms with Gasteiger partial charge in [-0.3, -0.25) is 13.9 Å². The maximum Gasteiger partial charge on any atom is 0.418 e. The predicted molar refractivity (Wildman–Crippen MR) is 164 cm³/mol. The number of amidine groups is 1. The zero-order chi connectivity index (χ0) is 31.6. The maximum absolute atomic E-state index is 14.3. The number of carbonyl (C=O) groups is 4. The fourth-order valence-corrected chi connectivity index (χ4v) is 7.91. The molecule has 2 aliphatic heterocycles. The van der Waals surface area contributed by atoms with Crippen LogP contribution in [-0.2, 0) is 29.1 Å². The number of hydrogen-bond acceptors (Lipinski definition) is 9. The third kappa shape index (κ3) is 6.62. The number of sulfonamides is 1. The lowest BCUT2D eigenvalue weighted by atomic mass is 10.1. The number of thioether (sulfide) groups is 1. The number of nitrogens with zero attached hydrogens (tertiary/aromatic N) is 3. The molecule has 1 N–H and O–H groups in total. The number of fused-ring (bicyclic) bond motifs is 1. The second kappa shape index (κ2) is 12.5. The number of imide groups is 1. The second-order valence-electron chi connectivity index (χ2n) is 11.4. The highest BCUT2D eigenvalue weighted by Crippen LogP contribution is 2.40. The number of aliphatic imine (C=N–C) groups is 1. The zero-order valence-electron chi connectivity index (χ0n) is 24.8. The summed E-state index contributed by atoms with van der Waals surface area (Å²) in [6, 6.07) is 11.3. The van der Waals surface area contributed by atoms with Gasteiger partial charge < -0.3 is 14.8 Å². The summed E-state index contributed by atoms with van der Waals surface area (Å²) >= 11 is 1.57. The molecule has 0 bridgehead atoms. The van der Waals surface area contributed by atoms with Gasteiger partial charge in [-0.05, 0) is 51.0 Å². The van der Waals surface area contributed by atoms with E-state index in [1.807, 2.05) is 12.1 Å². The van der Waals surface area contributed by atoms with E-state index in [2.05, 4.69) is 31.1 Å². The normalized spacial score (nSPS) is 18.0. The van der Waals surface area contributed by atoms with Crippen molar-refractivity contribution in [2.75, 3.05) is 11.9 Å². The Kier molecular flexibility index (Phi) is 9.36. The SMILES string of the molecule is CCCC(C)(C)Sc1ccccc1NC(=O)C(C1=Nc2ccccc2S(=O)(=O)N1CCCC=O)N1C(=O)OC(C)(C)C1=O. The minimum atomic E-state index is -4.28. The number of unbranched alkanes of at least 4 members (excludes halogenated alkanes) is 1. The monoisotopic (exact) mass is 628 g/mol. The molecule has 11 nitrogen and oxygen atoms in total. The molecule has 1 unspecified atom stereocenters. The second-order valence-corrected chi connectivity index (χ2v) is 15.0. The molecule has 2 aromatic rings. The van der Waals surface area contributed by atoms with Gasteiger partial charge in [0.25, 0.3) is 21.8 Å². The quantitative estimate of drug-likeness (QED) is 0.194. The van der Waals surface area contributed by atoms with E-state index in [9.17, 15) is 27.6 Å². The molecule has 2 aliphatic rings. The van der Waals surface area contributed by atoms with Crippen LogP contribution < -0.4 is 5.32 Å². The summed E-state index contributed by atoms with van der Waals surface area (Å²) in [6.07, 6.45) is 1.59. The number of cyclic esters (lactones) is 1. The van der Waals surface area contributed by atoms with Crippen LogP contribution in [0, 0.1) is 0 Å². The van der Waals surface area contributed by atoms with Crippen LogP contribution in [0.3, 0.4) is 0 Å². The van der Waals surface area contributed by atoms with Crippen LogP contribution in [0.4, 0.5) is 16.2 Å². The van der Waals surface area contributed by atoms with Crippen molar-refractivity contribution in [2.24, 2.45) is 4.99 Å². The van der Waals surface area contributed by atoms with Gasteiger partial charge in [-0.1, -0.05) is 51.5 Å². The molecule has 2 heterocycles. The van der Waals surface area contributed by atoms with Crippen LogP contribution in [0.15, 0.2) is 63.3 Å². The van der Waals surface area contributed by atoms with Gasteiger partial charge in [0.1, 0.15) is 11.2 Å². The van der Waals surface area contributed by atoms with Crippen molar-refractivity contribution < 1.29 is 32.3 Å². The van der Waals surface area contributed by atoms with Gasteiger partial charge in [-0.25, -0.2) is 23.1 Å². The van der Waals surface area contributed by atoms with Crippen molar-refractivity contribution in [2.45, 2.75) is 86.5 Å². The molecule has 0 aliphatic carbocycles. The van der Waals surface area contributed by atoms with Crippen molar-refractivity contribution >= 4 is 63.2 Å². The lowest BCUT2D eigenvalue weighted by molar-refractivity contribution is -0.137. The van der Waals surface area contributed by atoms with E-state index in [0.717, 1.165) is 22.0 Å². The van der Waals surface area contributed by atoms with Gasteiger partial charge >= 0.3 is 6.09 Å². The summed E-state index contributed by atoms with van der Waals surface area (Å²) in [6.45, 7) is 8.85. The molecule has 0 saturated carbocycles. The van der Waals surface area contributed by atoms with Crippen LogP contribution in [-0.4, -0.2) is 70.6 Å². The summed E-state index contributed by atoms with van der Waals surface area (Å²) in [4.78, 5) is 57.9. The van der Waals surface area contributed by atoms with Crippen molar-refractivity contribution in [1.82, 2.24) is 9.21 Å². The molecule has 13 heteroatoms. The first-order valence-corrected chi connectivity index (χ1v) is 16.3. The number of ether oxygens (including phenoxy) is 1. The van der Waals surface area contributed by atoms with Gasteiger partial charge in [-0.2, -0.15) is 0 Å². The predicted octanol–water partition coefficient (Wildman–Crippen LogP) is 5.14. The van der Waals surface area contributed by atoms with E-state index in [-0.39, 0.29) is 40.6 Å².